The molecule has 1 atom stereocenters. The minimum absolute atomic E-state index is 0.399. The number of carbonyl (C=O) groups excluding carboxylic acids is 1. The summed E-state index contributed by atoms with van der Waals surface area (Å²) in [6.07, 6.45) is -3.31. The van der Waals surface area contributed by atoms with Crippen LogP contribution in [0, 0.1) is 5.41 Å². The van der Waals surface area contributed by atoms with Gasteiger partial charge in [0.25, 0.3) is 0 Å². The maximum absolute atomic E-state index is 13.0. The fourth-order valence-corrected chi connectivity index (χ4v) is 4.80. The molecule has 0 bridgehead atoms. The van der Waals surface area contributed by atoms with Gasteiger partial charge in [-0.2, -0.15) is 18.4 Å². The number of aromatic amines is 1. The molecule has 1 unspecified atom stereocenters. The van der Waals surface area contributed by atoms with Gasteiger partial charge in [0.05, 0.1) is 0 Å². The third-order valence-corrected chi connectivity index (χ3v) is 6.53. The van der Waals surface area contributed by atoms with Crippen molar-refractivity contribution in [2.75, 3.05) is 13.1 Å². The molecule has 32 heavy (non-hydrogen) atoms. The van der Waals surface area contributed by atoms with E-state index in [1.54, 1.807) is 12.1 Å². The molecule has 1 saturated carbocycles. The van der Waals surface area contributed by atoms with Crippen molar-refractivity contribution in [3.63, 3.8) is 0 Å². The molecule has 166 valence electrons. The molecule has 1 aromatic heterocycles. The highest BCUT2D eigenvalue weighted by Gasteiger charge is 2.72. The molecule has 3 aromatic rings. The summed E-state index contributed by atoms with van der Waals surface area (Å²) in [5.74, 6) is -1.67. The Hall–Kier alpha value is -3.27. The Morgan fingerprint density at radius 1 is 1.00 bits per heavy atom. The van der Waals surface area contributed by atoms with Gasteiger partial charge in [0.15, 0.2) is 0 Å². The lowest BCUT2D eigenvalue weighted by molar-refractivity contribution is -0.210. The number of hydrogen-bond acceptors (Lipinski definition) is 6. The number of benzene rings is 2. The van der Waals surface area contributed by atoms with Crippen LogP contribution in [0.15, 0.2) is 48.5 Å². The van der Waals surface area contributed by atoms with Gasteiger partial charge in [0.1, 0.15) is 5.60 Å². The van der Waals surface area contributed by atoms with Gasteiger partial charge in [-0.25, -0.2) is 4.79 Å². The molecule has 1 spiro atoms. The third-order valence-electron chi connectivity index (χ3n) is 6.53. The van der Waals surface area contributed by atoms with Crippen molar-refractivity contribution in [2.24, 2.45) is 5.41 Å². The zero-order chi connectivity index (χ0) is 22.4. The number of carbonyl (C=O) groups is 1. The first-order valence-electron chi connectivity index (χ1n) is 10.3. The van der Waals surface area contributed by atoms with E-state index in [0.717, 1.165) is 16.7 Å². The number of nitrogens with one attached hydrogen (secondary N) is 2. The molecule has 0 radical (unpaired) electrons. The number of piperidine rings is 1. The van der Waals surface area contributed by atoms with Crippen LogP contribution < -0.4 is 5.32 Å². The van der Waals surface area contributed by atoms with Gasteiger partial charge in [0.2, 0.25) is 5.82 Å². The number of H-pyrrole nitrogens is 1. The SMILES string of the molecule is O=C(OC1(c2ccc(-c3cccc(-c4nn[nH]n4)c3)cc2)CC12CCNCC2)C(F)(F)F. The predicted octanol–water partition coefficient (Wildman–Crippen LogP) is 3.61. The first-order chi connectivity index (χ1) is 15.3. The van der Waals surface area contributed by atoms with Gasteiger partial charge in [-0.05, 0) is 53.9 Å². The van der Waals surface area contributed by atoms with Gasteiger partial charge in [-0.1, -0.05) is 42.5 Å². The standard InChI is InChI=1S/C22H20F3N5O2/c23-22(24,25)19(31)32-21(13-20(21)8-10-26-11-9-20)17-6-4-14(5-7-17)15-2-1-3-16(12-15)18-27-29-30-28-18/h1-7,12,26H,8-11,13H2,(H,27,28,29,30). The van der Waals surface area contributed by atoms with Crippen LogP contribution in [0.25, 0.3) is 22.5 Å². The lowest BCUT2D eigenvalue weighted by Crippen LogP contribution is -2.37. The van der Waals surface area contributed by atoms with E-state index >= 15 is 0 Å². The molecular formula is C22H20F3N5O2. The monoisotopic (exact) mass is 443 g/mol. The number of alkyl halides is 3. The van der Waals surface area contributed by atoms with Crippen molar-refractivity contribution in [2.45, 2.75) is 31.0 Å². The summed E-state index contributed by atoms with van der Waals surface area (Å²) in [5, 5.41) is 17.2. The Bertz CT molecular complexity index is 1130. The smallest absolute Gasteiger partial charge is 0.447 e. The number of halogens is 3. The molecule has 1 saturated heterocycles. The number of tetrazole rings is 1. The van der Waals surface area contributed by atoms with Crippen LogP contribution in [0.5, 0.6) is 0 Å². The molecule has 2 aromatic carbocycles. The maximum atomic E-state index is 13.0. The second-order valence-electron chi connectivity index (χ2n) is 8.31. The molecule has 5 rings (SSSR count). The summed E-state index contributed by atoms with van der Waals surface area (Å²) in [6, 6.07) is 14.7. The van der Waals surface area contributed by atoms with Gasteiger partial charge in [0, 0.05) is 17.4 Å². The van der Waals surface area contributed by atoms with E-state index in [4.69, 9.17) is 4.74 Å². The van der Waals surface area contributed by atoms with Gasteiger partial charge in [-0.3, -0.25) is 0 Å². The summed E-state index contributed by atoms with van der Waals surface area (Å²) in [6.45, 7) is 1.37. The maximum Gasteiger partial charge on any atom is 0.490 e. The molecule has 1 aliphatic heterocycles. The number of rotatable bonds is 4. The zero-order valence-corrected chi connectivity index (χ0v) is 16.9. The van der Waals surface area contributed by atoms with Gasteiger partial charge in [-0.15, -0.1) is 10.2 Å². The number of nitrogens with zero attached hydrogens (tertiary/aromatic N) is 3. The molecule has 0 amide bonds. The van der Waals surface area contributed by atoms with Crippen LogP contribution in [0.3, 0.4) is 0 Å². The average Bonchev–Trinajstić information content (AvgIpc) is 3.15. The van der Waals surface area contributed by atoms with E-state index in [9.17, 15) is 18.0 Å². The Balaban J connectivity index is 1.46. The van der Waals surface area contributed by atoms with E-state index in [0.29, 0.717) is 43.7 Å². The number of esters is 1. The summed E-state index contributed by atoms with van der Waals surface area (Å²) in [7, 11) is 0. The van der Waals surface area contributed by atoms with Crippen LogP contribution in [0.4, 0.5) is 13.2 Å². The van der Waals surface area contributed by atoms with Crippen molar-refractivity contribution < 1.29 is 22.7 Å². The van der Waals surface area contributed by atoms with Crippen LogP contribution in [0.2, 0.25) is 0 Å². The Morgan fingerprint density at radius 3 is 2.38 bits per heavy atom. The Morgan fingerprint density at radius 2 is 1.72 bits per heavy atom. The topological polar surface area (TPSA) is 92.8 Å². The molecular weight excluding hydrogens is 423 g/mol. The van der Waals surface area contributed by atoms with Crippen molar-refractivity contribution in [1.82, 2.24) is 25.9 Å². The zero-order valence-electron chi connectivity index (χ0n) is 16.9. The van der Waals surface area contributed by atoms with Crippen molar-refractivity contribution in [1.29, 1.82) is 0 Å². The first kappa shape index (κ1) is 20.6. The fourth-order valence-electron chi connectivity index (χ4n) is 4.80. The third kappa shape index (κ3) is 3.44. The highest BCUT2D eigenvalue weighted by Crippen LogP contribution is 2.70. The molecule has 2 N–H and O–H groups in total. The first-order valence-corrected chi connectivity index (χ1v) is 10.3. The van der Waals surface area contributed by atoms with E-state index < -0.39 is 23.2 Å². The Labute approximate surface area is 181 Å². The molecule has 2 aliphatic rings. The Kier molecular flexibility index (Phi) is 4.77. The van der Waals surface area contributed by atoms with Crippen LogP contribution >= 0.6 is 0 Å². The largest absolute Gasteiger partial charge is 0.490 e. The predicted molar refractivity (Wildman–Crippen MR) is 108 cm³/mol. The van der Waals surface area contributed by atoms with Crippen LogP contribution in [0.1, 0.15) is 24.8 Å². The molecule has 10 heteroatoms. The highest BCUT2D eigenvalue weighted by molar-refractivity contribution is 5.77. The minimum atomic E-state index is -5.03. The lowest BCUT2D eigenvalue weighted by Gasteiger charge is -2.30. The number of aromatic nitrogens is 4. The van der Waals surface area contributed by atoms with Gasteiger partial charge < -0.3 is 10.1 Å². The normalized spacial score (nSPS) is 22.0. The van der Waals surface area contributed by atoms with E-state index in [-0.39, 0.29) is 0 Å². The quantitative estimate of drug-likeness (QED) is 0.599. The van der Waals surface area contributed by atoms with Crippen LogP contribution in [-0.2, 0) is 15.1 Å². The van der Waals surface area contributed by atoms with Crippen LogP contribution in [-0.4, -0.2) is 45.9 Å². The fraction of sp³-hybridized carbons (Fsp3) is 0.364. The van der Waals surface area contributed by atoms with Crippen molar-refractivity contribution in [3.05, 3.63) is 54.1 Å². The second-order valence-corrected chi connectivity index (χ2v) is 8.31. The molecule has 1 aliphatic carbocycles. The van der Waals surface area contributed by atoms with Crippen molar-refractivity contribution in [3.8, 4) is 22.5 Å². The molecule has 2 fully saturated rings. The number of hydrogen-bond donors (Lipinski definition) is 2. The number of ether oxygens (including phenoxy) is 1. The van der Waals surface area contributed by atoms with E-state index in [2.05, 4.69) is 25.9 Å². The summed E-state index contributed by atoms with van der Waals surface area (Å²) in [4.78, 5) is 11.8. The average molecular weight is 443 g/mol. The summed E-state index contributed by atoms with van der Waals surface area (Å²) >= 11 is 0. The van der Waals surface area contributed by atoms with Crippen molar-refractivity contribution >= 4 is 5.97 Å². The van der Waals surface area contributed by atoms with E-state index in [1.807, 2.05) is 36.4 Å². The highest BCUT2D eigenvalue weighted by atomic mass is 19.4. The lowest BCUT2D eigenvalue weighted by atomic mass is 9.86. The minimum Gasteiger partial charge on any atom is -0.447 e. The second kappa shape index (κ2) is 7.40. The van der Waals surface area contributed by atoms with Gasteiger partial charge >= 0.3 is 12.1 Å². The summed E-state index contributed by atoms with van der Waals surface area (Å²) in [5.41, 5.74) is 1.44. The molecule has 2 heterocycles. The summed E-state index contributed by atoms with van der Waals surface area (Å²) < 4.78 is 44.2. The molecule has 7 nitrogen and oxygen atoms in total. The van der Waals surface area contributed by atoms with E-state index in [1.165, 1.54) is 0 Å².